The Balaban J connectivity index is 2.15. The van der Waals surface area contributed by atoms with Crippen LogP contribution in [0.4, 0.5) is 5.82 Å². The molecule has 4 nitrogen and oxygen atoms in total. The second-order valence-corrected chi connectivity index (χ2v) is 4.26. The van der Waals surface area contributed by atoms with Crippen LogP contribution in [0, 0.1) is 6.92 Å². The van der Waals surface area contributed by atoms with Gasteiger partial charge in [0.2, 0.25) is 0 Å². The second kappa shape index (κ2) is 6.18. The predicted molar refractivity (Wildman–Crippen MR) is 76.5 cm³/mol. The summed E-state index contributed by atoms with van der Waals surface area (Å²) in [5, 5.41) is 3.12. The maximum atomic E-state index is 5.67. The smallest absolute Gasteiger partial charge is 0.168 e. The van der Waals surface area contributed by atoms with E-state index in [4.69, 9.17) is 4.74 Å². The highest BCUT2D eigenvalue weighted by molar-refractivity contribution is 5.45. The number of nitrogens with one attached hydrogen (secondary N) is 1. The van der Waals surface area contributed by atoms with E-state index in [1.165, 1.54) is 0 Å². The van der Waals surface area contributed by atoms with Crippen molar-refractivity contribution in [1.82, 2.24) is 9.97 Å². The summed E-state index contributed by atoms with van der Waals surface area (Å²) in [7, 11) is 1.88. The second-order valence-electron chi connectivity index (χ2n) is 4.26. The van der Waals surface area contributed by atoms with Crippen molar-refractivity contribution in [3.63, 3.8) is 0 Å². The third-order valence-electron chi connectivity index (χ3n) is 2.96. The summed E-state index contributed by atoms with van der Waals surface area (Å²) >= 11 is 0. The Morgan fingerprint density at radius 2 is 1.89 bits per heavy atom. The molecule has 2 rings (SSSR count). The number of nitrogens with zero attached hydrogens (tertiary/aromatic N) is 2. The molecule has 2 aromatic rings. The maximum absolute atomic E-state index is 5.67. The van der Waals surface area contributed by atoms with Crippen LogP contribution in [0.5, 0.6) is 5.75 Å². The molecule has 0 amide bonds. The van der Waals surface area contributed by atoms with Gasteiger partial charge in [-0.2, -0.15) is 0 Å². The number of aryl methyl sites for hydroxylation is 1. The van der Waals surface area contributed by atoms with E-state index in [0.29, 0.717) is 12.4 Å². The molecule has 0 saturated carbocycles. The van der Waals surface area contributed by atoms with Crippen molar-refractivity contribution in [1.29, 1.82) is 0 Å². The molecule has 0 aliphatic carbocycles. The Kier molecular flexibility index (Phi) is 4.34. The van der Waals surface area contributed by atoms with Gasteiger partial charge >= 0.3 is 0 Å². The molecule has 1 heterocycles. The van der Waals surface area contributed by atoms with E-state index in [9.17, 15) is 0 Å². The molecule has 0 radical (unpaired) electrons. The standard InChI is InChI=1S/C15H19N3O/c1-4-13-11(2)17-14(18-15(13)16-3)10-19-12-8-6-5-7-9-12/h5-9H,4,10H2,1-3H3,(H,16,17,18). The van der Waals surface area contributed by atoms with Crippen molar-refractivity contribution in [3.8, 4) is 5.75 Å². The number of anilines is 1. The lowest BCUT2D eigenvalue weighted by atomic mass is 10.1. The third kappa shape index (κ3) is 3.22. The molecule has 0 aliphatic heterocycles. The highest BCUT2D eigenvalue weighted by atomic mass is 16.5. The van der Waals surface area contributed by atoms with Crippen LogP contribution in [0.3, 0.4) is 0 Å². The average molecular weight is 257 g/mol. The minimum atomic E-state index is 0.378. The lowest BCUT2D eigenvalue weighted by Crippen LogP contribution is -2.09. The lowest BCUT2D eigenvalue weighted by molar-refractivity contribution is 0.295. The first-order chi connectivity index (χ1) is 9.24. The number of benzene rings is 1. The molecule has 1 aromatic heterocycles. The van der Waals surface area contributed by atoms with Gasteiger partial charge in [0.1, 0.15) is 18.2 Å². The topological polar surface area (TPSA) is 47.0 Å². The molecule has 19 heavy (non-hydrogen) atoms. The molecule has 0 aliphatic rings. The number of ether oxygens (including phenoxy) is 1. The van der Waals surface area contributed by atoms with E-state index in [1.807, 2.05) is 44.3 Å². The number of aromatic nitrogens is 2. The highest BCUT2D eigenvalue weighted by Crippen LogP contribution is 2.17. The van der Waals surface area contributed by atoms with Gasteiger partial charge in [-0.3, -0.25) is 0 Å². The van der Waals surface area contributed by atoms with Gasteiger partial charge in [0.15, 0.2) is 5.82 Å². The van der Waals surface area contributed by atoms with Crippen LogP contribution in [-0.2, 0) is 13.0 Å². The zero-order valence-electron chi connectivity index (χ0n) is 11.6. The maximum Gasteiger partial charge on any atom is 0.168 e. The first-order valence-electron chi connectivity index (χ1n) is 6.46. The van der Waals surface area contributed by atoms with Gasteiger partial charge in [-0.15, -0.1) is 0 Å². The molecular formula is C15H19N3O. The Labute approximate surface area is 113 Å². The molecule has 0 fully saturated rings. The first-order valence-corrected chi connectivity index (χ1v) is 6.46. The molecule has 0 atom stereocenters. The number of para-hydroxylation sites is 1. The van der Waals surface area contributed by atoms with Gasteiger partial charge in [0.05, 0.1) is 0 Å². The molecule has 0 bridgehead atoms. The van der Waals surface area contributed by atoms with Crippen molar-refractivity contribution < 1.29 is 4.74 Å². The summed E-state index contributed by atoms with van der Waals surface area (Å²) in [6.07, 6.45) is 0.918. The highest BCUT2D eigenvalue weighted by Gasteiger charge is 2.09. The summed E-state index contributed by atoms with van der Waals surface area (Å²) in [5.74, 6) is 2.42. The zero-order chi connectivity index (χ0) is 13.7. The van der Waals surface area contributed by atoms with E-state index in [2.05, 4.69) is 22.2 Å². The van der Waals surface area contributed by atoms with E-state index in [-0.39, 0.29) is 0 Å². The van der Waals surface area contributed by atoms with Gasteiger partial charge in [-0.1, -0.05) is 25.1 Å². The number of rotatable bonds is 5. The fourth-order valence-electron chi connectivity index (χ4n) is 2.01. The largest absolute Gasteiger partial charge is 0.486 e. The minimum Gasteiger partial charge on any atom is -0.486 e. The average Bonchev–Trinajstić information content (AvgIpc) is 2.45. The van der Waals surface area contributed by atoms with Crippen LogP contribution in [0.25, 0.3) is 0 Å². The van der Waals surface area contributed by atoms with Gasteiger partial charge in [-0.25, -0.2) is 9.97 Å². The summed E-state index contributed by atoms with van der Waals surface area (Å²) in [5.41, 5.74) is 2.17. The minimum absolute atomic E-state index is 0.378. The molecule has 1 N–H and O–H groups in total. The summed E-state index contributed by atoms with van der Waals surface area (Å²) in [4.78, 5) is 8.98. The summed E-state index contributed by atoms with van der Waals surface area (Å²) in [6, 6.07) is 9.70. The van der Waals surface area contributed by atoms with Crippen molar-refractivity contribution in [2.24, 2.45) is 0 Å². The van der Waals surface area contributed by atoms with Crippen molar-refractivity contribution in [2.45, 2.75) is 26.9 Å². The fraction of sp³-hybridized carbons (Fsp3) is 0.333. The normalized spacial score (nSPS) is 10.3. The van der Waals surface area contributed by atoms with Gasteiger partial charge in [0.25, 0.3) is 0 Å². The quantitative estimate of drug-likeness (QED) is 0.894. The van der Waals surface area contributed by atoms with Gasteiger partial charge < -0.3 is 10.1 Å². The van der Waals surface area contributed by atoms with Crippen molar-refractivity contribution >= 4 is 5.82 Å². The fourth-order valence-corrected chi connectivity index (χ4v) is 2.01. The summed E-state index contributed by atoms with van der Waals surface area (Å²) in [6.45, 7) is 4.49. The monoisotopic (exact) mass is 257 g/mol. The molecule has 1 aromatic carbocycles. The molecule has 0 saturated heterocycles. The molecule has 0 spiro atoms. The van der Waals surface area contributed by atoms with Crippen molar-refractivity contribution in [3.05, 3.63) is 47.4 Å². The zero-order valence-corrected chi connectivity index (χ0v) is 11.6. The van der Waals surface area contributed by atoms with Crippen LogP contribution in [0.15, 0.2) is 30.3 Å². The van der Waals surface area contributed by atoms with Gasteiger partial charge in [0, 0.05) is 18.3 Å². The van der Waals surface area contributed by atoms with Crippen molar-refractivity contribution in [2.75, 3.05) is 12.4 Å². The molecule has 4 heteroatoms. The van der Waals surface area contributed by atoms with Gasteiger partial charge in [-0.05, 0) is 25.5 Å². The Morgan fingerprint density at radius 3 is 2.53 bits per heavy atom. The Morgan fingerprint density at radius 1 is 1.16 bits per heavy atom. The van der Waals surface area contributed by atoms with E-state index in [0.717, 1.165) is 29.2 Å². The lowest BCUT2D eigenvalue weighted by Gasteiger charge is -2.12. The Bertz CT molecular complexity index is 541. The van der Waals surface area contributed by atoms with Crippen LogP contribution >= 0.6 is 0 Å². The first kappa shape index (κ1) is 13.3. The van der Waals surface area contributed by atoms with Crippen LogP contribution in [-0.4, -0.2) is 17.0 Å². The third-order valence-corrected chi connectivity index (χ3v) is 2.96. The van der Waals surface area contributed by atoms with Crippen LogP contribution < -0.4 is 10.1 Å². The predicted octanol–water partition coefficient (Wildman–Crippen LogP) is 2.97. The molecule has 0 unspecified atom stereocenters. The van der Waals surface area contributed by atoms with E-state index < -0.39 is 0 Å². The number of hydrogen-bond acceptors (Lipinski definition) is 4. The summed E-state index contributed by atoms with van der Waals surface area (Å²) < 4.78 is 5.67. The van der Waals surface area contributed by atoms with Crippen LogP contribution in [0.1, 0.15) is 24.0 Å². The molecular weight excluding hydrogens is 238 g/mol. The van der Waals surface area contributed by atoms with Crippen LogP contribution in [0.2, 0.25) is 0 Å². The van der Waals surface area contributed by atoms with E-state index in [1.54, 1.807) is 0 Å². The SMILES string of the molecule is CCc1c(C)nc(COc2ccccc2)nc1NC. The number of hydrogen-bond donors (Lipinski definition) is 1. The molecule has 100 valence electrons. The Hall–Kier alpha value is -2.10. The van der Waals surface area contributed by atoms with E-state index >= 15 is 0 Å².